The van der Waals surface area contributed by atoms with Gasteiger partial charge in [-0.15, -0.1) is 0 Å². The molecule has 0 amide bonds. The molecule has 0 aliphatic heterocycles. The Bertz CT molecular complexity index is 324. The van der Waals surface area contributed by atoms with Gasteiger partial charge in [0, 0.05) is 0 Å². The minimum absolute atomic E-state index is 0.0695. The van der Waals surface area contributed by atoms with E-state index in [1.54, 1.807) is 6.07 Å². The van der Waals surface area contributed by atoms with E-state index in [9.17, 15) is 4.39 Å². The Morgan fingerprint density at radius 3 is 2.00 bits per heavy atom. The summed E-state index contributed by atoms with van der Waals surface area (Å²) in [6.07, 6.45) is 0. The van der Waals surface area contributed by atoms with Gasteiger partial charge in [-0.2, -0.15) is 0 Å². The monoisotopic (exact) mass is 194 g/mol. The molecule has 1 aromatic carbocycles. The van der Waals surface area contributed by atoms with Gasteiger partial charge in [0.05, 0.1) is 0 Å². The molecule has 0 heterocycles. The summed E-state index contributed by atoms with van der Waals surface area (Å²) in [5, 5.41) is 0. The molecule has 1 heteroatoms. The molecule has 14 heavy (non-hydrogen) atoms. The standard InChI is InChI=1S/C13H19F/c1-8(2)11-6-12(9(3)4)10(5)13(14)7-11/h6-9H,1-5H3. The first-order chi connectivity index (χ1) is 6.43. The molecule has 0 aliphatic rings. The maximum atomic E-state index is 13.6. The minimum atomic E-state index is -0.0695. The predicted molar refractivity (Wildman–Crippen MR) is 59.3 cm³/mol. The molecule has 1 rings (SSSR count). The van der Waals surface area contributed by atoms with Crippen molar-refractivity contribution in [1.29, 1.82) is 0 Å². The highest BCUT2D eigenvalue weighted by Gasteiger charge is 2.11. The molecule has 0 aliphatic carbocycles. The zero-order chi connectivity index (χ0) is 10.9. The Morgan fingerprint density at radius 2 is 1.57 bits per heavy atom. The van der Waals surface area contributed by atoms with E-state index in [0.717, 1.165) is 16.7 Å². The average molecular weight is 194 g/mol. The fraction of sp³-hybridized carbons (Fsp3) is 0.538. The molecule has 0 unspecified atom stereocenters. The van der Waals surface area contributed by atoms with Crippen molar-refractivity contribution in [3.63, 3.8) is 0 Å². The molecular weight excluding hydrogens is 175 g/mol. The molecule has 0 radical (unpaired) electrons. The fourth-order valence-electron chi connectivity index (χ4n) is 1.65. The van der Waals surface area contributed by atoms with E-state index < -0.39 is 0 Å². The van der Waals surface area contributed by atoms with Crippen molar-refractivity contribution in [1.82, 2.24) is 0 Å². The van der Waals surface area contributed by atoms with Crippen LogP contribution in [0.1, 0.15) is 56.2 Å². The average Bonchev–Trinajstić information content (AvgIpc) is 2.08. The maximum Gasteiger partial charge on any atom is 0.126 e. The fourth-order valence-corrected chi connectivity index (χ4v) is 1.65. The van der Waals surface area contributed by atoms with Crippen molar-refractivity contribution in [2.45, 2.75) is 46.5 Å². The van der Waals surface area contributed by atoms with E-state index in [4.69, 9.17) is 0 Å². The van der Waals surface area contributed by atoms with Gasteiger partial charge < -0.3 is 0 Å². The van der Waals surface area contributed by atoms with Crippen molar-refractivity contribution in [3.05, 3.63) is 34.6 Å². The van der Waals surface area contributed by atoms with E-state index in [-0.39, 0.29) is 5.82 Å². The highest BCUT2D eigenvalue weighted by atomic mass is 19.1. The molecular formula is C13H19F. The van der Waals surface area contributed by atoms with Crippen LogP contribution in [0, 0.1) is 12.7 Å². The summed E-state index contributed by atoms with van der Waals surface area (Å²) in [5.41, 5.74) is 3.02. The molecule has 0 fully saturated rings. The first-order valence-corrected chi connectivity index (χ1v) is 5.23. The molecule has 78 valence electrons. The van der Waals surface area contributed by atoms with Crippen LogP contribution in [0.4, 0.5) is 4.39 Å². The molecule has 0 saturated heterocycles. The van der Waals surface area contributed by atoms with E-state index >= 15 is 0 Å². The summed E-state index contributed by atoms with van der Waals surface area (Å²) >= 11 is 0. The Balaban J connectivity index is 3.28. The number of halogens is 1. The highest BCUT2D eigenvalue weighted by molar-refractivity contribution is 5.35. The summed E-state index contributed by atoms with van der Waals surface area (Å²) in [6.45, 7) is 10.2. The SMILES string of the molecule is Cc1c(F)cc(C(C)C)cc1C(C)C. The lowest BCUT2D eigenvalue weighted by Crippen LogP contribution is -1.99. The Labute approximate surface area is 86.2 Å². The summed E-state index contributed by atoms with van der Waals surface area (Å²) in [5.74, 6) is 0.714. The van der Waals surface area contributed by atoms with Crippen LogP contribution in [-0.4, -0.2) is 0 Å². The molecule has 0 bridgehead atoms. The van der Waals surface area contributed by atoms with Gasteiger partial charge in [0.15, 0.2) is 0 Å². The lowest BCUT2D eigenvalue weighted by atomic mass is 9.92. The molecule has 0 spiro atoms. The third kappa shape index (κ3) is 2.14. The first-order valence-electron chi connectivity index (χ1n) is 5.23. The third-order valence-corrected chi connectivity index (χ3v) is 2.70. The predicted octanol–water partition coefficient (Wildman–Crippen LogP) is 4.38. The van der Waals surface area contributed by atoms with Crippen LogP contribution in [0.5, 0.6) is 0 Å². The third-order valence-electron chi connectivity index (χ3n) is 2.70. The van der Waals surface area contributed by atoms with Crippen LogP contribution in [0.3, 0.4) is 0 Å². The van der Waals surface area contributed by atoms with Crippen molar-refractivity contribution in [3.8, 4) is 0 Å². The number of hydrogen-bond acceptors (Lipinski definition) is 0. The molecule has 1 aromatic rings. The topological polar surface area (TPSA) is 0 Å². The summed E-state index contributed by atoms with van der Waals surface area (Å²) < 4.78 is 13.6. The van der Waals surface area contributed by atoms with E-state index in [1.807, 2.05) is 6.92 Å². The van der Waals surface area contributed by atoms with Crippen LogP contribution >= 0.6 is 0 Å². The largest absolute Gasteiger partial charge is 0.207 e. The Hall–Kier alpha value is -0.850. The van der Waals surface area contributed by atoms with Crippen LogP contribution in [0.2, 0.25) is 0 Å². The molecule has 0 saturated carbocycles. The van der Waals surface area contributed by atoms with Crippen LogP contribution in [0.25, 0.3) is 0 Å². The Kier molecular flexibility index (Phi) is 3.30. The lowest BCUT2D eigenvalue weighted by molar-refractivity contribution is 0.607. The molecule has 0 aromatic heterocycles. The van der Waals surface area contributed by atoms with Crippen LogP contribution in [-0.2, 0) is 0 Å². The first kappa shape index (κ1) is 11.2. The number of benzene rings is 1. The van der Waals surface area contributed by atoms with Crippen molar-refractivity contribution >= 4 is 0 Å². The summed E-state index contributed by atoms with van der Waals surface area (Å²) in [7, 11) is 0. The van der Waals surface area contributed by atoms with Gasteiger partial charge in [0.2, 0.25) is 0 Å². The van der Waals surface area contributed by atoms with Gasteiger partial charge in [-0.25, -0.2) is 4.39 Å². The quantitative estimate of drug-likeness (QED) is 0.655. The zero-order valence-electron chi connectivity index (χ0n) is 9.69. The van der Waals surface area contributed by atoms with Gasteiger partial charge in [0.25, 0.3) is 0 Å². The van der Waals surface area contributed by atoms with Gasteiger partial charge in [0.1, 0.15) is 5.82 Å². The second-order valence-electron chi connectivity index (χ2n) is 4.53. The molecule has 0 nitrogen and oxygen atoms in total. The van der Waals surface area contributed by atoms with Gasteiger partial charge in [-0.1, -0.05) is 33.8 Å². The van der Waals surface area contributed by atoms with Crippen molar-refractivity contribution < 1.29 is 4.39 Å². The highest BCUT2D eigenvalue weighted by Crippen LogP contribution is 2.26. The van der Waals surface area contributed by atoms with Gasteiger partial charge >= 0.3 is 0 Å². The second kappa shape index (κ2) is 4.12. The zero-order valence-corrected chi connectivity index (χ0v) is 9.69. The van der Waals surface area contributed by atoms with Crippen molar-refractivity contribution in [2.75, 3.05) is 0 Å². The smallest absolute Gasteiger partial charge is 0.126 e. The summed E-state index contributed by atoms with van der Waals surface area (Å²) in [4.78, 5) is 0. The minimum Gasteiger partial charge on any atom is -0.207 e. The van der Waals surface area contributed by atoms with E-state index in [0.29, 0.717) is 11.8 Å². The normalized spacial score (nSPS) is 11.4. The second-order valence-corrected chi connectivity index (χ2v) is 4.53. The van der Waals surface area contributed by atoms with Gasteiger partial charge in [-0.05, 0) is 41.5 Å². The van der Waals surface area contributed by atoms with E-state index in [2.05, 4.69) is 33.8 Å². The number of rotatable bonds is 2. The van der Waals surface area contributed by atoms with Gasteiger partial charge in [-0.3, -0.25) is 0 Å². The maximum absolute atomic E-state index is 13.6. The lowest BCUT2D eigenvalue weighted by Gasteiger charge is -2.14. The Morgan fingerprint density at radius 1 is 1.00 bits per heavy atom. The van der Waals surface area contributed by atoms with Crippen molar-refractivity contribution in [2.24, 2.45) is 0 Å². The summed E-state index contributed by atoms with van der Waals surface area (Å²) in [6, 6.07) is 3.79. The number of hydrogen-bond donors (Lipinski definition) is 0. The molecule has 0 atom stereocenters. The molecule has 0 N–H and O–H groups in total. The van der Waals surface area contributed by atoms with Crippen LogP contribution < -0.4 is 0 Å². The van der Waals surface area contributed by atoms with Crippen LogP contribution in [0.15, 0.2) is 12.1 Å². The van der Waals surface area contributed by atoms with E-state index in [1.165, 1.54) is 0 Å².